The minimum absolute atomic E-state index is 0.00206. The summed E-state index contributed by atoms with van der Waals surface area (Å²) in [5.74, 6) is 0.786. The lowest BCUT2D eigenvalue weighted by atomic mass is 10.0. The number of methoxy groups -OCH3 is 2. The number of fused-ring (bicyclic) bond motifs is 2. The standard InChI is InChI=1S/C16H22N2O3/c1-20-14-7-3-11(4-8-14)17-16(19)18-12-5-6-13(18)10-15(9-12)21-2/h3-4,7-8,12-13,15H,5-6,9-10H2,1-2H3,(H,17,19). The second-order valence-corrected chi connectivity index (χ2v) is 5.78. The highest BCUT2D eigenvalue weighted by atomic mass is 16.5. The third-order valence-electron chi connectivity index (χ3n) is 4.60. The van der Waals surface area contributed by atoms with Gasteiger partial charge in [0.2, 0.25) is 0 Å². The Morgan fingerprint density at radius 1 is 1.14 bits per heavy atom. The van der Waals surface area contributed by atoms with Crippen molar-refractivity contribution in [3.63, 3.8) is 0 Å². The van der Waals surface area contributed by atoms with Gasteiger partial charge in [0, 0.05) is 24.9 Å². The van der Waals surface area contributed by atoms with Gasteiger partial charge in [0.15, 0.2) is 0 Å². The van der Waals surface area contributed by atoms with Crippen LogP contribution in [0.2, 0.25) is 0 Å². The third kappa shape index (κ3) is 2.83. The maximum Gasteiger partial charge on any atom is 0.322 e. The summed E-state index contributed by atoms with van der Waals surface area (Å²) in [5, 5.41) is 2.99. The lowest BCUT2D eigenvalue weighted by Crippen LogP contribution is -2.50. The van der Waals surface area contributed by atoms with Crippen molar-refractivity contribution in [1.29, 1.82) is 0 Å². The second-order valence-electron chi connectivity index (χ2n) is 5.78. The maximum atomic E-state index is 12.5. The Balaban J connectivity index is 1.65. The first-order chi connectivity index (χ1) is 10.2. The van der Waals surface area contributed by atoms with Crippen molar-refractivity contribution in [2.24, 2.45) is 0 Å². The zero-order valence-corrected chi connectivity index (χ0v) is 12.5. The summed E-state index contributed by atoms with van der Waals surface area (Å²) in [6.45, 7) is 0. The van der Waals surface area contributed by atoms with Gasteiger partial charge in [-0.3, -0.25) is 0 Å². The molecule has 0 aromatic heterocycles. The third-order valence-corrected chi connectivity index (χ3v) is 4.60. The number of hydrogen-bond donors (Lipinski definition) is 1. The van der Waals surface area contributed by atoms with Gasteiger partial charge >= 0.3 is 6.03 Å². The molecule has 2 atom stereocenters. The number of ether oxygens (including phenoxy) is 2. The summed E-state index contributed by atoms with van der Waals surface area (Å²) in [5.41, 5.74) is 0.800. The van der Waals surface area contributed by atoms with Crippen molar-refractivity contribution in [3.8, 4) is 5.75 Å². The number of piperidine rings is 1. The van der Waals surface area contributed by atoms with E-state index in [1.54, 1.807) is 14.2 Å². The van der Waals surface area contributed by atoms with E-state index >= 15 is 0 Å². The molecule has 0 radical (unpaired) electrons. The van der Waals surface area contributed by atoms with Gasteiger partial charge in [0.1, 0.15) is 5.75 Å². The number of hydrogen-bond acceptors (Lipinski definition) is 3. The van der Waals surface area contributed by atoms with Crippen LogP contribution in [0.25, 0.3) is 0 Å². The molecule has 114 valence electrons. The van der Waals surface area contributed by atoms with Gasteiger partial charge in [0.25, 0.3) is 0 Å². The monoisotopic (exact) mass is 290 g/mol. The Kier molecular flexibility index (Phi) is 4.01. The smallest absolute Gasteiger partial charge is 0.322 e. The van der Waals surface area contributed by atoms with E-state index in [0.717, 1.165) is 37.1 Å². The average molecular weight is 290 g/mol. The minimum atomic E-state index is 0.00206. The van der Waals surface area contributed by atoms with E-state index in [-0.39, 0.29) is 6.03 Å². The Morgan fingerprint density at radius 2 is 1.76 bits per heavy atom. The molecule has 2 aliphatic rings. The Labute approximate surface area is 125 Å². The van der Waals surface area contributed by atoms with Crippen LogP contribution in [0.5, 0.6) is 5.75 Å². The fourth-order valence-corrected chi connectivity index (χ4v) is 3.51. The number of benzene rings is 1. The Bertz CT molecular complexity index is 489. The van der Waals surface area contributed by atoms with Gasteiger partial charge < -0.3 is 19.7 Å². The van der Waals surface area contributed by atoms with Crippen molar-refractivity contribution in [1.82, 2.24) is 4.90 Å². The Hall–Kier alpha value is -1.75. The average Bonchev–Trinajstić information content (AvgIpc) is 2.78. The molecule has 2 bridgehead atoms. The van der Waals surface area contributed by atoms with Crippen molar-refractivity contribution < 1.29 is 14.3 Å². The number of nitrogens with zero attached hydrogens (tertiary/aromatic N) is 1. The highest BCUT2D eigenvalue weighted by Crippen LogP contribution is 2.37. The van der Waals surface area contributed by atoms with Gasteiger partial charge in [-0.1, -0.05) is 0 Å². The number of nitrogens with one attached hydrogen (secondary N) is 1. The quantitative estimate of drug-likeness (QED) is 0.931. The van der Waals surface area contributed by atoms with Crippen molar-refractivity contribution in [2.75, 3.05) is 19.5 Å². The van der Waals surface area contributed by atoms with Crippen LogP contribution in [0, 0.1) is 0 Å². The van der Waals surface area contributed by atoms with Gasteiger partial charge in [-0.2, -0.15) is 0 Å². The summed E-state index contributed by atoms with van der Waals surface area (Å²) >= 11 is 0. The first kappa shape index (κ1) is 14.2. The first-order valence-electron chi connectivity index (χ1n) is 7.47. The van der Waals surface area contributed by atoms with Crippen LogP contribution in [-0.2, 0) is 4.74 Å². The molecule has 2 heterocycles. The van der Waals surface area contributed by atoms with Crippen LogP contribution in [0.4, 0.5) is 10.5 Å². The van der Waals surface area contributed by atoms with Crippen LogP contribution in [0.3, 0.4) is 0 Å². The Morgan fingerprint density at radius 3 is 2.29 bits per heavy atom. The molecule has 2 amide bonds. The lowest BCUT2D eigenvalue weighted by Gasteiger charge is -2.38. The maximum absolute atomic E-state index is 12.5. The van der Waals surface area contributed by atoms with E-state index in [4.69, 9.17) is 9.47 Å². The van der Waals surface area contributed by atoms with Gasteiger partial charge in [0.05, 0.1) is 13.2 Å². The molecule has 2 aliphatic heterocycles. The fourth-order valence-electron chi connectivity index (χ4n) is 3.51. The molecule has 2 fully saturated rings. The number of amides is 2. The molecular weight excluding hydrogens is 268 g/mol. The van der Waals surface area contributed by atoms with Crippen LogP contribution in [0.1, 0.15) is 25.7 Å². The van der Waals surface area contributed by atoms with E-state index in [1.807, 2.05) is 29.2 Å². The van der Waals surface area contributed by atoms with Gasteiger partial charge in [-0.05, 0) is 49.9 Å². The van der Waals surface area contributed by atoms with Crippen molar-refractivity contribution in [2.45, 2.75) is 43.9 Å². The summed E-state index contributed by atoms with van der Waals surface area (Å²) < 4.78 is 10.6. The van der Waals surface area contributed by atoms with Crippen LogP contribution < -0.4 is 10.1 Å². The predicted molar refractivity (Wildman–Crippen MR) is 80.7 cm³/mol. The number of anilines is 1. The SMILES string of the molecule is COc1ccc(NC(=O)N2C3CCC2CC(OC)C3)cc1. The van der Waals surface area contributed by atoms with Crippen LogP contribution in [0.15, 0.2) is 24.3 Å². The molecule has 5 heteroatoms. The highest BCUT2D eigenvalue weighted by molar-refractivity contribution is 5.90. The topological polar surface area (TPSA) is 50.8 Å². The minimum Gasteiger partial charge on any atom is -0.497 e. The fraction of sp³-hybridized carbons (Fsp3) is 0.562. The van der Waals surface area contributed by atoms with Crippen molar-refractivity contribution in [3.05, 3.63) is 24.3 Å². The van der Waals surface area contributed by atoms with Crippen LogP contribution in [-0.4, -0.2) is 43.3 Å². The van der Waals surface area contributed by atoms with Gasteiger partial charge in [-0.25, -0.2) is 4.79 Å². The van der Waals surface area contributed by atoms with E-state index in [9.17, 15) is 4.79 Å². The molecule has 2 saturated heterocycles. The summed E-state index contributed by atoms with van der Waals surface area (Å²) in [6.07, 6.45) is 4.36. The highest BCUT2D eigenvalue weighted by Gasteiger charge is 2.43. The molecule has 1 aromatic rings. The van der Waals surface area contributed by atoms with Crippen LogP contribution >= 0.6 is 0 Å². The van der Waals surface area contributed by atoms with E-state index in [0.29, 0.717) is 18.2 Å². The normalized spacial score (nSPS) is 27.5. The number of carbonyl (C=O) groups excluding carboxylic acids is 1. The van der Waals surface area contributed by atoms with Crippen molar-refractivity contribution >= 4 is 11.7 Å². The summed E-state index contributed by atoms with van der Waals surface area (Å²) in [6, 6.07) is 8.05. The lowest BCUT2D eigenvalue weighted by molar-refractivity contribution is 0.0232. The zero-order valence-electron chi connectivity index (χ0n) is 12.5. The molecule has 2 unspecified atom stereocenters. The molecule has 21 heavy (non-hydrogen) atoms. The molecule has 0 aliphatic carbocycles. The summed E-state index contributed by atoms with van der Waals surface area (Å²) in [7, 11) is 3.39. The molecule has 5 nitrogen and oxygen atoms in total. The molecule has 0 spiro atoms. The summed E-state index contributed by atoms with van der Waals surface area (Å²) in [4.78, 5) is 14.5. The number of urea groups is 1. The molecular formula is C16H22N2O3. The predicted octanol–water partition coefficient (Wildman–Crippen LogP) is 2.87. The van der Waals surface area contributed by atoms with E-state index in [2.05, 4.69) is 5.32 Å². The molecule has 1 aromatic carbocycles. The number of carbonyl (C=O) groups is 1. The molecule has 0 saturated carbocycles. The van der Waals surface area contributed by atoms with E-state index < -0.39 is 0 Å². The first-order valence-corrected chi connectivity index (χ1v) is 7.47. The molecule has 3 rings (SSSR count). The number of rotatable bonds is 3. The largest absolute Gasteiger partial charge is 0.497 e. The zero-order chi connectivity index (χ0) is 14.8. The molecule has 1 N–H and O–H groups in total. The van der Waals surface area contributed by atoms with Gasteiger partial charge in [-0.15, -0.1) is 0 Å². The second kappa shape index (κ2) is 5.93. The van der Waals surface area contributed by atoms with E-state index in [1.165, 1.54) is 0 Å².